The second-order valence-corrected chi connectivity index (χ2v) is 4.64. The second kappa shape index (κ2) is 4.72. The number of hydrogen-bond donors (Lipinski definition) is 2. The van der Waals surface area contributed by atoms with Gasteiger partial charge in [-0.2, -0.15) is 5.21 Å². The SMILES string of the molecule is CC(F)(F)CNC(=O)CC(C)(C)c1nn[nH]n1. The van der Waals surface area contributed by atoms with E-state index in [1.807, 2.05) is 0 Å². The molecule has 17 heavy (non-hydrogen) atoms. The third-order valence-electron chi connectivity index (χ3n) is 2.15. The molecule has 1 heterocycles. The number of hydrogen-bond acceptors (Lipinski definition) is 4. The number of halogens is 2. The molecule has 1 amide bonds. The summed E-state index contributed by atoms with van der Waals surface area (Å²) in [5.41, 5.74) is -0.653. The fraction of sp³-hybridized carbons (Fsp3) is 0.778. The highest BCUT2D eigenvalue weighted by Crippen LogP contribution is 2.22. The molecule has 0 aromatic carbocycles. The number of rotatable bonds is 5. The van der Waals surface area contributed by atoms with Gasteiger partial charge in [0, 0.05) is 18.8 Å². The Morgan fingerprint density at radius 1 is 1.41 bits per heavy atom. The van der Waals surface area contributed by atoms with Crippen LogP contribution in [0, 0.1) is 0 Å². The van der Waals surface area contributed by atoms with Crippen LogP contribution in [0.2, 0.25) is 0 Å². The molecular formula is C9H15F2N5O. The van der Waals surface area contributed by atoms with Gasteiger partial charge in [-0.15, -0.1) is 10.2 Å². The van der Waals surface area contributed by atoms with Gasteiger partial charge in [-0.3, -0.25) is 4.79 Å². The molecule has 0 bridgehead atoms. The Labute approximate surface area is 97.2 Å². The van der Waals surface area contributed by atoms with Gasteiger partial charge in [0.25, 0.3) is 5.92 Å². The molecule has 1 aromatic rings. The minimum Gasteiger partial charge on any atom is -0.350 e. The van der Waals surface area contributed by atoms with E-state index in [9.17, 15) is 13.6 Å². The monoisotopic (exact) mass is 247 g/mol. The summed E-state index contributed by atoms with van der Waals surface area (Å²) < 4.78 is 25.1. The van der Waals surface area contributed by atoms with Crippen LogP contribution in [0.4, 0.5) is 8.78 Å². The van der Waals surface area contributed by atoms with Crippen LogP contribution in [0.15, 0.2) is 0 Å². The van der Waals surface area contributed by atoms with Crippen LogP contribution in [-0.2, 0) is 10.2 Å². The van der Waals surface area contributed by atoms with Crippen molar-refractivity contribution in [2.45, 2.75) is 38.5 Å². The Bertz CT molecular complexity index is 371. The van der Waals surface area contributed by atoms with Gasteiger partial charge in [0.15, 0.2) is 5.82 Å². The number of nitrogens with one attached hydrogen (secondary N) is 2. The summed E-state index contributed by atoms with van der Waals surface area (Å²) in [7, 11) is 0. The van der Waals surface area contributed by atoms with Gasteiger partial charge in [-0.05, 0) is 0 Å². The molecule has 8 heteroatoms. The van der Waals surface area contributed by atoms with Crippen LogP contribution in [0.1, 0.15) is 33.0 Å². The highest BCUT2D eigenvalue weighted by atomic mass is 19.3. The van der Waals surface area contributed by atoms with Crippen LogP contribution in [0.5, 0.6) is 0 Å². The Morgan fingerprint density at radius 2 is 2.06 bits per heavy atom. The van der Waals surface area contributed by atoms with Gasteiger partial charge in [0.1, 0.15) is 0 Å². The fourth-order valence-electron chi connectivity index (χ4n) is 1.25. The molecule has 1 aromatic heterocycles. The molecule has 0 unspecified atom stereocenters. The third kappa shape index (κ3) is 4.41. The van der Waals surface area contributed by atoms with Crippen LogP contribution in [-0.4, -0.2) is 39.0 Å². The average molecular weight is 247 g/mol. The summed E-state index contributed by atoms with van der Waals surface area (Å²) in [6.45, 7) is 3.55. The number of amides is 1. The van der Waals surface area contributed by atoms with Gasteiger partial charge < -0.3 is 5.32 Å². The normalized spacial score (nSPS) is 12.5. The van der Waals surface area contributed by atoms with Gasteiger partial charge in [-0.25, -0.2) is 8.78 Å². The fourth-order valence-corrected chi connectivity index (χ4v) is 1.25. The number of carbonyl (C=O) groups is 1. The third-order valence-corrected chi connectivity index (χ3v) is 2.15. The first-order valence-electron chi connectivity index (χ1n) is 5.09. The lowest BCUT2D eigenvalue weighted by Crippen LogP contribution is -2.37. The van der Waals surface area contributed by atoms with Gasteiger partial charge in [-0.1, -0.05) is 19.1 Å². The van der Waals surface area contributed by atoms with Crippen molar-refractivity contribution in [1.29, 1.82) is 0 Å². The number of alkyl halides is 2. The predicted molar refractivity (Wildman–Crippen MR) is 55.5 cm³/mol. The molecule has 0 aliphatic rings. The van der Waals surface area contributed by atoms with E-state index in [4.69, 9.17) is 0 Å². The van der Waals surface area contributed by atoms with Crippen LogP contribution in [0.3, 0.4) is 0 Å². The minimum atomic E-state index is -2.91. The van der Waals surface area contributed by atoms with Crippen molar-refractivity contribution in [3.8, 4) is 0 Å². The zero-order chi connectivity index (χ0) is 13.1. The molecule has 96 valence electrons. The average Bonchev–Trinajstić information content (AvgIpc) is 2.66. The first-order valence-corrected chi connectivity index (χ1v) is 5.09. The molecule has 6 nitrogen and oxygen atoms in total. The van der Waals surface area contributed by atoms with E-state index < -0.39 is 23.8 Å². The Morgan fingerprint density at radius 3 is 2.53 bits per heavy atom. The summed E-state index contributed by atoms with van der Waals surface area (Å²) in [5, 5.41) is 15.4. The van der Waals surface area contributed by atoms with E-state index in [1.54, 1.807) is 13.8 Å². The zero-order valence-corrected chi connectivity index (χ0v) is 9.92. The summed E-state index contributed by atoms with van der Waals surface area (Å²) >= 11 is 0. The minimum absolute atomic E-state index is 0.0165. The Kier molecular flexibility index (Phi) is 3.74. The highest BCUT2D eigenvalue weighted by Gasteiger charge is 2.30. The lowest BCUT2D eigenvalue weighted by atomic mass is 9.88. The lowest BCUT2D eigenvalue weighted by Gasteiger charge is -2.20. The van der Waals surface area contributed by atoms with E-state index in [-0.39, 0.29) is 6.42 Å². The van der Waals surface area contributed by atoms with Crippen LogP contribution < -0.4 is 5.32 Å². The maximum absolute atomic E-state index is 12.5. The quantitative estimate of drug-likeness (QED) is 0.799. The molecule has 0 saturated heterocycles. The van der Waals surface area contributed by atoms with E-state index in [0.717, 1.165) is 6.92 Å². The summed E-state index contributed by atoms with van der Waals surface area (Å²) in [6.07, 6.45) is 0.0165. The van der Waals surface area contributed by atoms with E-state index >= 15 is 0 Å². The first-order chi connectivity index (χ1) is 7.71. The molecule has 1 rings (SSSR count). The molecule has 0 aliphatic carbocycles. The van der Waals surface area contributed by atoms with E-state index in [1.165, 1.54) is 0 Å². The number of aromatic nitrogens is 4. The number of H-pyrrole nitrogens is 1. The summed E-state index contributed by atoms with van der Waals surface area (Å²) in [4.78, 5) is 11.5. The first kappa shape index (κ1) is 13.5. The van der Waals surface area contributed by atoms with Crippen molar-refractivity contribution in [3.05, 3.63) is 5.82 Å². The lowest BCUT2D eigenvalue weighted by molar-refractivity contribution is -0.123. The number of carbonyl (C=O) groups excluding carboxylic acids is 1. The van der Waals surface area contributed by atoms with Crippen molar-refractivity contribution in [3.63, 3.8) is 0 Å². The van der Waals surface area contributed by atoms with Gasteiger partial charge in [0.05, 0.1) is 6.54 Å². The molecule has 0 atom stereocenters. The smallest absolute Gasteiger partial charge is 0.262 e. The largest absolute Gasteiger partial charge is 0.350 e. The molecular weight excluding hydrogens is 232 g/mol. The van der Waals surface area contributed by atoms with Crippen LogP contribution in [0.25, 0.3) is 0 Å². The molecule has 0 fully saturated rings. The van der Waals surface area contributed by atoms with Gasteiger partial charge in [0.2, 0.25) is 5.91 Å². The van der Waals surface area contributed by atoms with Gasteiger partial charge >= 0.3 is 0 Å². The van der Waals surface area contributed by atoms with Crippen molar-refractivity contribution >= 4 is 5.91 Å². The standard InChI is InChI=1S/C9H15F2N5O/c1-8(2,7-13-15-16-14-7)4-6(17)12-5-9(3,10)11/h4-5H2,1-3H3,(H,12,17)(H,13,14,15,16). The van der Waals surface area contributed by atoms with Crippen molar-refractivity contribution < 1.29 is 13.6 Å². The number of tetrazole rings is 1. The molecule has 0 spiro atoms. The van der Waals surface area contributed by atoms with Crippen molar-refractivity contribution in [1.82, 2.24) is 25.9 Å². The zero-order valence-electron chi connectivity index (χ0n) is 9.92. The maximum atomic E-state index is 12.5. The van der Waals surface area contributed by atoms with E-state index in [2.05, 4.69) is 25.9 Å². The molecule has 0 radical (unpaired) electrons. The van der Waals surface area contributed by atoms with E-state index in [0.29, 0.717) is 5.82 Å². The topological polar surface area (TPSA) is 83.6 Å². The summed E-state index contributed by atoms with van der Waals surface area (Å²) in [6, 6.07) is 0. The maximum Gasteiger partial charge on any atom is 0.262 e. The molecule has 0 aliphatic heterocycles. The Balaban J connectivity index is 2.51. The Hall–Kier alpha value is -1.60. The summed E-state index contributed by atoms with van der Waals surface area (Å²) in [5.74, 6) is -3.01. The number of nitrogens with zero attached hydrogens (tertiary/aromatic N) is 3. The van der Waals surface area contributed by atoms with Crippen LogP contribution >= 0.6 is 0 Å². The van der Waals surface area contributed by atoms with Crippen molar-refractivity contribution in [2.75, 3.05) is 6.54 Å². The molecule has 0 saturated carbocycles. The highest BCUT2D eigenvalue weighted by molar-refractivity contribution is 5.77. The van der Waals surface area contributed by atoms with Crippen molar-refractivity contribution in [2.24, 2.45) is 0 Å². The second-order valence-electron chi connectivity index (χ2n) is 4.64. The molecule has 2 N–H and O–H groups in total. The number of aromatic amines is 1. The predicted octanol–water partition coefficient (Wildman–Crippen LogP) is 0.639.